The monoisotopic (exact) mass is 238 g/mol. The molecule has 92 valence electrons. The van der Waals surface area contributed by atoms with E-state index in [4.69, 9.17) is 0 Å². The molecular formula is C16H18N2. The summed E-state index contributed by atoms with van der Waals surface area (Å²) < 4.78 is 0. The van der Waals surface area contributed by atoms with Crippen LogP contribution < -0.4 is 5.32 Å². The second-order valence-electron chi connectivity index (χ2n) is 4.36. The average molecular weight is 238 g/mol. The third kappa shape index (κ3) is 2.77. The predicted molar refractivity (Wildman–Crippen MR) is 78.4 cm³/mol. The second-order valence-corrected chi connectivity index (χ2v) is 4.36. The van der Waals surface area contributed by atoms with Gasteiger partial charge in [0.25, 0.3) is 0 Å². The van der Waals surface area contributed by atoms with Crippen LogP contribution in [-0.4, -0.2) is 12.9 Å². The van der Waals surface area contributed by atoms with Gasteiger partial charge >= 0.3 is 0 Å². The number of nitrogens with zero attached hydrogens (tertiary/aromatic N) is 1. The van der Waals surface area contributed by atoms with E-state index in [1.165, 1.54) is 11.1 Å². The van der Waals surface area contributed by atoms with Crippen LogP contribution in [0.5, 0.6) is 0 Å². The predicted octanol–water partition coefficient (Wildman–Crippen LogP) is 3.79. The summed E-state index contributed by atoms with van der Waals surface area (Å²) in [7, 11) is 1.80. The van der Waals surface area contributed by atoms with E-state index in [1.54, 1.807) is 7.05 Å². The van der Waals surface area contributed by atoms with Crippen molar-refractivity contribution < 1.29 is 0 Å². The highest BCUT2D eigenvalue weighted by molar-refractivity contribution is 6.08. The molecule has 2 aromatic carbocycles. The summed E-state index contributed by atoms with van der Waals surface area (Å²) >= 11 is 0. The first kappa shape index (κ1) is 12.4. The average Bonchev–Trinajstić information content (AvgIpc) is 2.41. The molecule has 2 rings (SSSR count). The normalized spacial score (nSPS) is 11.4. The van der Waals surface area contributed by atoms with E-state index in [0.29, 0.717) is 0 Å². The van der Waals surface area contributed by atoms with E-state index >= 15 is 0 Å². The fraction of sp³-hybridized carbons (Fsp3) is 0.188. The van der Waals surface area contributed by atoms with Crippen molar-refractivity contribution >= 4 is 11.5 Å². The minimum Gasteiger partial charge on any atom is -0.340 e. The Hall–Kier alpha value is -2.09. The van der Waals surface area contributed by atoms with E-state index in [0.717, 1.165) is 17.1 Å². The lowest BCUT2D eigenvalue weighted by Gasteiger charge is -2.11. The molecule has 2 heteroatoms. The van der Waals surface area contributed by atoms with Gasteiger partial charge in [0, 0.05) is 18.3 Å². The van der Waals surface area contributed by atoms with Crippen LogP contribution in [0.3, 0.4) is 0 Å². The van der Waals surface area contributed by atoms with Crippen molar-refractivity contribution in [1.29, 1.82) is 0 Å². The molecule has 0 aliphatic heterocycles. The number of anilines is 1. The minimum atomic E-state index is 0.888. The van der Waals surface area contributed by atoms with E-state index in [-0.39, 0.29) is 0 Å². The Morgan fingerprint density at radius 3 is 2.28 bits per heavy atom. The van der Waals surface area contributed by atoms with Gasteiger partial charge in [-0.25, -0.2) is 0 Å². The Labute approximate surface area is 108 Å². The molecule has 0 aliphatic rings. The van der Waals surface area contributed by atoms with Gasteiger partial charge in [-0.1, -0.05) is 36.4 Å². The minimum absolute atomic E-state index is 0.888. The Morgan fingerprint density at radius 2 is 1.67 bits per heavy atom. The molecule has 0 saturated heterocycles. The van der Waals surface area contributed by atoms with Gasteiger partial charge in [0.15, 0.2) is 0 Å². The first-order valence-corrected chi connectivity index (χ1v) is 6.07. The molecule has 0 spiro atoms. The lowest BCUT2D eigenvalue weighted by molar-refractivity contribution is 1.33. The van der Waals surface area contributed by atoms with Crippen LogP contribution >= 0.6 is 0 Å². The fourth-order valence-electron chi connectivity index (χ4n) is 1.81. The lowest BCUT2D eigenvalue weighted by atomic mass is 10.1. The van der Waals surface area contributed by atoms with Crippen LogP contribution in [0.15, 0.2) is 53.5 Å². The number of nitrogens with one attached hydrogen (secondary N) is 1. The fourth-order valence-corrected chi connectivity index (χ4v) is 1.81. The molecule has 0 atom stereocenters. The summed E-state index contributed by atoms with van der Waals surface area (Å²) in [6, 6.07) is 16.5. The van der Waals surface area contributed by atoms with E-state index in [9.17, 15) is 0 Å². The first-order valence-electron chi connectivity index (χ1n) is 6.07. The standard InChI is InChI=1S/C16H18N2/c1-12-9-10-15(11-13(12)2)18-16(17-3)14-7-5-4-6-8-14/h4-11H,1-3H3,(H,17,18). The molecule has 0 saturated carbocycles. The maximum Gasteiger partial charge on any atom is 0.132 e. The number of hydrogen-bond acceptors (Lipinski definition) is 1. The number of aryl methyl sites for hydroxylation is 2. The second kappa shape index (κ2) is 5.50. The Balaban J connectivity index is 2.24. The zero-order valence-electron chi connectivity index (χ0n) is 11.1. The topological polar surface area (TPSA) is 24.4 Å². The molecule has 0 aliphatic carbocycles. The van der Waals surface area contributed by atoms with Crippen molar-refractivity contribution in [3.63, 3.8) is 0 Å². The quantitative estimate of drug-likeness (QED) is 0.624. The van der Waals surface area contributed by atoms with Crippen molar-refractivity contribution in [1.82, 2.24) is 0 Å². The third-order valence-electron chi connectivity index (χ3n) is 3.04. The molecule has 18 heavy (non-hydrogen) atoms. The highest BCUT2D eigenvalue weighted by Gasteiger charge is 2.03. The smallest absolute Gasteiger partial charge is 0.132 e. The van der Waals surface area contributed by atoms with Crippen molar-refractivity contribution in [3.8, 4) is 0 Å². The van der Waals surface area contributed by atoms with E-state index in [2.05, 4.69) is 54.5 Å². The van der Waals surface area contributed by atoms with Gasteiger partial charge in [-0.3, -0.25) is 4.99 Å². The highest BCUT2D eigenvalue weighted by atomic mass is 15.0. The van der Waals surface area contributed by atoms with Crippen LogP contribution in [0, 0.1) is 13.8 Å². The summed E-state index contributed by atoms with van der Waals surface area (Å²) in [6.45, 7) is 4.23. The number of amidine groups is 1. The van der Waals surface area contributed by atoms with Gasteiger partial charge in [-0.2, -0.15) is 0 Å². The summed E-state index contributed by atoms with van der Waals surface area (Å²) in [6.07, 6.45) is 0. The maximum atomic E-state index is 4.31. The number of benzene rings is 2. The van der Waals surface area contributed by atoms with Gasteiger partial charge in [0.2, 0.25) is 0 Å². The van der Waals surface area contributed by atoms with Gasteiger partial charge in [-0.15, -0.1) is 0 Å². The molecule has 2 aromatic rings. The molecule has 0 bridgehead atoms. The van der Waals surface area contributed by atoms with Crippen molar-refractivity contribution in [2.45, 2.75) is 13.8 Å². The van der Waals surface area contributed by atoms with Gasteiger partial charge in [0.1, 0.15) is 5.84 Å². The number of rotatable bonds is 2. The van der Waals surface area contributed by atoms with Crippen LogP contribution in [0.25, 0.3) is 0 Å². The molecule has 0 heterocycles. The molecular weight excluding hydrogens is 220 g/mol. The van der Waals surface area contributed by atoms with Crippen molar-refractivity contribution in [2.24, 2.45) is 4.99 Å². The third-order valence-corrected chi connectivity index (χ3v) is 3.04. The Bertz CT molecular complexity index is 557. The van der Waals surface area contributed by atoms with Crippen LogP contribution in [0.1, 0.15) is 16.7 Å². The summed E-state index contributed by atoms with van der Waals surface area (Å²) in [4.78, 5) is 4.31. The molecule has 0 radical (unpaired) electrons. The highest BCUT2D eigenvalue weighted by Crippen LogP contribution is 2.15. The largest absolute Gasteiger partial charge is 0.340 e. The molecule has 0 amide bonds. The molecule has 0 unspecified atom stereocenters. The summed E-state index contributed by atoms with van der Waals surface area (Å²) in [5.41, 5.74) is 4.75. The zero-order valence-corrected chi connectivity index (χ0v) is 11.1. The van der Waals surface area contributed by atoms with Gasteiger partial charge < -0.3 is 5.32 Å². The first-order chi connectivity index (χ1) is 8.70. The van der Waals surface area contributed by atoms with Crippen LogP contribution in [-0.2, 0) is 0 Å². The molecule has 0 aromatic heterocycles. The van der Waals surface area contributed by atoms with E-state index in [1.807, 2.05) is 18.2 Å². The molecule has 0 fully saturated rings. The number of aliphatic imine (C=N–C) groups is 1. The van der Waals surface area contributed by atoms with Crippen LogP contribution in [0.2, 0.25) is 0 Å². The molecule has 1 N–H and O–H groups in total. The maximum absolute atomic E-state index is 4.31. The van der Waals surface area contributed by atoms with Gasteiger partial charge in [-0.05, 0) is 37.1 Å². The molecule has 2 nitrogen and oxygen atoms in total. The SMILES string of the molecule is CN=C(Nc1ccc(C)c(C)c1)c1ccccc1. The number of hydrogen-bond donors (Lipinski definition) is 1. The Kier molecular flexibility index (Phi) is 3.78. The van der Waals surface area contributed by atoms with Crippen molar-refractivity contribution in [3.05, 3.63) is 65.2 Å². The van der Waals surface area contributed by atoms with E-state index < -0.39 is 0 Å². The van der Waals surface area contributed by atoms with Crippen LogP contribution in [0.4, 0.5) is 5.69 Å². The van der Waals surface area contributed by atoms with Crippen molar-refractivity contribution in [2.75, 3.05) is 12.4 Å². The lowest BCUT2D eigenvalue weighted by Crippen LogP contribution is -2.13. The van der Waals surface area contributed by atoms with Gasteiger partial charge in [0.05, 0.1) is 0 Å². The summed E-state index contributed by atoms with van der Waals surface area (Å²) in [5.74, 6) is 0.888. The Morgan fingerprint density at radius 1 is 0.944 bits per heavy atom. The summed E-state index contributed by atoms with van der Waals surface area (Å²) in [5, 5.41) is 3.36. The zero-order chi connectivity index (χ0) is 13.0.